The zero-order valence-corrected chi connectivity index (χ0v) is 16.9. The lowest BCUT2D eigenvalue weighted by Gasteiger charge is -2.14. The van der Waals surface area contributed by atoms with Crippen molar-refractivity contribution in [2.75, 3.05) is 25.6 Å². The van der Waals surface area contributed by atoms with E-state index in [2.05, 4.69) is 17.6 Å². The van der Waals surface area contributed by atoms with Gasteiger partial charge in [0.1, 0.15) is 0 Å². The molecular formula is C21H27ClN2O3. The molecule has 5 nitrogen and oxygen atoms in total. The first-order valence-corrected chi connectivity index (χ1v) is 9.47. The fraction of sp³-hybridized carbons (Fsp3) is 0.381. The monoisotopic (exact) mass is 390 g/mol. The number of hydrogen-bond acceptors (Lipinski definition) is 4. The number of rotatable bonds is 10. The van der Waals surface area contributed by atoms with Crippen LogP contribution in [0.4, 0.5) is 5.69 Å². The minimum absolute atomic E-state index is 0.155. The Balaban J connectivity index is 1.96. The van der Waals surface area contributed by atoms with E-state index in [9.17, 15) is 4.79 Å². The van der Waals surface area contributed by atoms with E-state index >= 15 is 0 Å². The zero-order valence-electron chi connectivity index (χ0n) is 16.1. The van der Waals surface area contributed by atoms with E-state index in [0.29, 0.717) is 23.1 Å². The summed E-state index contributed by atoms with van der Waals surface area (Å²) in [7, 11) is 1.55. The zero-order chi connectivity index (χ0) is 19.6. The van der Waals surface area contributed by atoms with E-state index in [1.807, 2.05) is 43.3 Å². The van der Waals surface area contributed by atoms with Gasteiger partial charge in [0.2, 0.25) is 0 Å². The number of methoxy groups -OCH3 is 1. The average Bonchev–Trinajstić information content (AvgIpc) is 2.66. The van der Waals surface area contributed by atoms with Crippen LogP contribution in [-0.2, 0) is 11.3 Å². The lowest BCUT2D eigenvalue weighted by Crippen LogP contribution is -2.20. The van der Waals surface area contributed by atoms with Crippen molar-refractivity contribution in [3.05, 3.63) is 52.5 Å². The van der Waals surface area contributed by atoms with E-state index in [0.717, 1.165) is 36.2 Å². The highest BCUT2D eigenvalue weighted by atomic mass is 35.5. The standard InChI is InChI=1S/C21H27ClN2O3/c1-4-5-10-23-13-16-11-18(22)21(19(12-16)26-3)27-14-20(25)24-17-8-6-15(2)7-9-17/h6-9,11-12,23H,4-5,10,13-14H2,1-3H3,(H,24,25). The lowest BCUT2D eigenvalue weighted by atomic mass is 10.2. The van der Waals surface area contributed by atoms with Gasteiger partial charge in [0, 0.05) is 12.2 Å². The Morgan fingerprint density at radius 3 is 2.59 bits per heavy atom. The van der Waals surface area contributed by atoms with Crippen molar-refractivity contribution in [3.8, 4) is 11.5 Å². The van der Waals surface area contributed by atoms with E-state index in [1.54, 1.807) is 7.11 Å². The summed E-state index contributed by atoms with van der Waals surface area (Å²) in [4.78, 5) is 12.1. The van der Waals surface area contributed by atoms with Crippen molar-refractivity contribution in [2.24, 2.45) is 0 Å². The number of halogens is 1. The van der Waals surface area contributed by atoms with Crippen molar-refractivity contribution in [2.45, 2.75) is 33.2 Å². The summed E-state index contributed by atoms with van der Waals surface area (Å²) in [6.07, 6.45) is 2.27. The third-order valence-electron chi connectivity index (χ3n) is 4.01. The second-order valence-corrected chi connectivity index (χ2v) is 6.75. The SMILES string of the molecule is CCCCNCc1cc(Cl)c(OCC(=O)Nc2ccc(C)cc2)c(OC)c1. The number of hydrogen-bond donors (Lipinski definition) is 2. The number of anilines is 1. The van der Waals surface area contributed by atoms with Crippen LogP contribution in [0.15, 0.2) is 36.4 Å². The molecule has 0 bridgehead atoms. The summed E-state index contributed by atoms with van der Waals surface area (Å²) in [5.74, 6) is 0.621. The van der Waals surface area contributed by atoms with Gasteiger partial charge in [-0.25, -0.2) is 0 Å². The minimum Gasteiger partial charge on any atom is -0.493 e. The molecule has 0 saturated heterocycles. The Bertz CT molecular complexity index is 748. The molecule has 0 aromatic heterocycles. The molecule has 0 aliphatic heterocycles. The van der Waals surface area contributed by atoms with Gasteiger partial charge < -0.3 is 20.1 Å². The van der Waals surface area contributed by atoms with Crippen LogP contribution in [-0.4, -0.2) is 26.2 Å². The quantitative estimate of drug-likeness (QED) is 0.583. The molecule has 2 rings (SSSR count). The highest BCUT2D eigenvalue weighted by Gasteiger charge is 2.14. The predicted molar refractivity (Wildman–Crippen MR) is 110 cm³/mol. The summed E-state index contributed by atoms with van der Waals surface area (Å²) in [5.41, 5.74) is 2.86. The number of amides is 1. The maximum atomic E-state index is 12.1. The Morgan fingerprint density at radius 2 is 1.93 bits per heavy atom. The van der Waals surface area contributed by atoms with Gasteiger partial charge in [-0.15, -0.1) is 0 Å². The number of unbranched alkanes of at least 4 members (excludes halogenated alkanes) is 1. The summed E-state index contributed by atoms with van der Waals surface area (Å²) >= 11 is 6.35. The molecule has 2 aromatic rings. The van der Waals surface area contributed by atoms with Crippen LogP contribution in [0.2, 0.25) is 5.02 Å². The second-order valence-electron chi connectivity index (χ2n) is 6.34. The molecule has 0 heterocycles. The molecule has 6 heteroatoms. The number of aryl methyl sites for hydroxylation is 1. The van der Waals surface area contributed by atoms with Crippen LogP contribution in [0, 0.1) is 6.92 Å². The average molecular weight is 391 g/mol. The van der Waals surface area contributed by atoms with Crippen molar-refractivity contribution >= 4 is 23.2 Å². The number of nitrogens with one attached hydrogen (secondary N) is 2. The highest BCUT2D eigenvalue weighted by molar-refractivity contribution is 6.32. The molecule has 0 atom stereocenters. The molecule has 0 aliphatic carbocycles. The first kappa shape index (κ1) is 21.1. The van der Waals surface area contributed by atoms with Crippen molar-refractivity contribution < 1.29 is 14.3 Å². The summed E-state index contributed by atoms with van der Waals surface area (Å²) in [6.45, 7) is 5.64. The Labute approximate surface area is 166 Å². The fourth-order valence-electron chi connectivity index (χ4n) is 2.52. The van der Waals surface area contributed by atoms with Crippen LogP contribution in [0.25, 0.3) is 0 Å². The van der Waals surface area contributed by atoms with Crippen LogP contribution < -0.4 is 20.1 Å². The van der Waals surface area contributed by atoms with Gasteiger partial charge in [-0.3, -0.25) is 4.79 Å². The molecule has 0 fully saturated rings. The minimum atomic E-state index is -0.262. The van der Waals surface area contributed by atoms with Gasteiger partial charge in [0.25, 0.3) is 5.91 Å². The molecule has 2 aromatic carbocycles. The van der Waals surface area contributed by atoms with E-state index < -0.39 is 0 Å². The summed E-state index contributed by atoms with van der Waals surface area (Å²) in [6, 6.07) is 11.3. The van der Waals surface area contributed by atoms with Crippen LogP contribution in [0.1, 0.15) is 30.9 Å². The van der Waals surface area contributed by atoms with Crippen LogP contribution in [0.3, 0.4) is 0 Å². The smallest absolute Gasteiger partial charge is 0.262 e. The highest BCUT2D eigenvalue weighted by Crippen LogP contribution is 2.36. The van der Waals surface area contributed by atoms with Gasteiger partial charge in [-0.2, -0.15) is 0 Å². The van der Waals surface area contributed by atoms with Gasteiger partial charge in [-0.1, -0.05) is 42.6 Å². The number of ether oxygens (including phenoxy) is 2. The molecular weight excluding hydrogens is 364 g/mol. The third kappa shape index (κ3) is 6.77. The molecule has 0 radical (unpaired) electrons. The Hall–Kier alpha value is -2.24. The Kier molecular flexibility index (Phi) is 8.43. The van der Waals surface area contributed by atoms with E-state index in [1.165, 1.54) is 0 Å². The van der Waals surface area contributed by atoms with Gasteiger partial charge in [-0.05, 0) is 49.7 Å². The van der Waals surface area contributed by atoms with Crippen molar-refractivity contribution in [3.63, 3.8) is 0 Å². The number of carbonyl (C=O) groups is 1. The largest absolute Gasteiger partial charge is 0.493 e. The van der Waals surface area contributed by atoms with Crippen molar-refractivity contribution in [1.82, 2.24) is 5.32 Å². The molecule has 0 spiro atoms. The van der Waals surface area contributed by atoms with Crippen LogP contribution in [0.5, 0.6) is 11.5 Å². The normalized spacial score (nSPS) is 10.5. The molecule has 146 valence electrons. The molecule has 0 saturated carbocycles. The lowest BCUT2D eigenvalue weighted by molar-refractivity contribution is -0.118. The molecule has 2 N–H and O–H groups in total. The maximum Gasteiger partial charge on any atom is 0.262 e. The van der Waals surface area contributed by atoms with E-state index in [-0.39, 0.29) is 12.5 Å². The fourth-order valence-corrected chi connectivity index (χ4v) is 2.81. The second kappa shape index (κ2) is 10.8. The number of carbonyl (C=O) groups excluding carboxylic acids is 1. The molecule has 27 heavy (non-hydrogen) atoms. The van der Waals surface area contributed by atoms with Crippen LogP contribution >= 0.6 is 11.6 Å². The molecule has 0 aliphatic rings. The first-order chi connectivity index (χ1) is 13.0. The maximum absolute atomic E-state index is 12.1. The number of benzene rings is 2. The third-order valence-corrected chi connectivity index (χ3v) is 4.29. The van der Waals surface area contributed by atoms with Gasteiger partial charge >= 0.3 is 0 Å². The topological polar surface area (TPSA) is 59.6 Å². The van der Waals surface area contributed by atoms with Gasteiger partial charge in [0.05, 0.1) is 12.1 Å². The molecule has 0 unspecified atom stereocenters. The van der Waals surface area contributed by atoms with Crippen molar-refractivity contribution in [1.29, 1.82) is 0 Å². The molecule has 1 amide bonds. The van der Waals surface area contributed by atoms with E-state index in [4.69, 9.17) is 21.1 Å². The predicted octanol–water partition coefficient (Wildman–Crippen LogP) is 4.56. The first-order valence-electron chi connectivity index (χ1n) is 9.10. The van der Waals surface area contributed by atoms with Gasteiger partial charge in [0.15, 0.2) is 18.1 Å². The summed E-state index contributed by atoms with van der Waals surface area (Å²) in [5, 5.41) is 6.57. The summed E-state index contributed by atoms with van der Waals surface area (Å²) < 4.78 is 11.0. The Morgan fingerprint density at radius 1 is 1.19 bits per heavy atom.